The number of nitrogens with one attached hydrogen (secondary N) is 2. The first-order valence-corrected chi connectivity index (χ1v) is 11.2. The summed E-state index contributed by atoms with van der Waals surface area (Å²) in [5.74, 6) is 1.79. The molecule has 2 fully saturated rings. The molecule has 4 heterocycles. The lowest BCUT2D eigenvalue weighted by molar-refractivity contribution is 0.0652. The fourth-order valence-corrected chi connectivity index (χ4v) is 4.51. The molecule has 0 saturated carbocycles. The molecule has 9 nitrogen and oxygen atoms in total. The van der Waals surface area contributed by atoms with E-state index in [2.05, 4.69) is 20.6 Å². The minimum Gasteiger partial charge on any atom is -0.454 e. The Morgan fingerprint density at radius 3 is 2.56 bits per heavy atom. The zero-order chi connectivity index (χ0) is 23.1. The normalized spacial score (nSPS) is 24.6. The van der Waals surface area contributed by atoms with Crippen molar-refractivity contribution in [2.75, 3.05) is 25.3 Å². The van der Waals surface area contributed by atoms with Crippen LogP contribution in [-0.2, 0) is 9.47 Å². The molecule has 2 N–H and O–H groups in total. The highest BCUT2D eigenvalue weighted by atomic mass is 16.7. The van der Waals surface area contributed by atoms with Crippen molar-refractivity contribution in [1.82, 2.24) is 15.3 Å². The van der Waals surface area contributed by atoms with Gasteiger partial charge in [-0.15, -0.1) is 0 Å². The van der Waals surface area contributed by atoms with Gasteiger partial charge in [-0.3, -0.25) is 4.79 Å². The summed E-state index contributed by atoms with van der Waals surface area (Å²) in [6.45, 7) is 3.05. The topological polar surface area (TPSA) is 104 Å². The van der Waals surface area contributed by atoms with E-state index in [4.69, 9.17) is 18.9 Å². The van der Waals surface area contributed by atoms with Crippen LogP contribution in [0.3, 0.4) is 0 Å². The third kappa shape index (κ3) is 3.93. The fraction of sp³-hybridized carbons (Fsp3) is 0.320. The highest BCUT2D eigenvalue weighted by Gasteiger charge is 2.48. The van der Waals surface area contributed by atoms with E-state index >= 15 is 0 Å². The number of hydrogen-bond acceptors (Lipinski definition) is 8. The number of amides is 1. The van der Waals surface area contributed by atoms with Crippen LogP contribution in [-0.4, -0.2) is 60.2 Å². The molecule has 0 unspecified atom stereocenters. The summed E-state index contributed by atoms with van der Waals surface area (Å²) in [6, 6.07) is 14.7. The van der Waals surface area contributed by atoms with Gasteiger partial charge in [0.1, 0.15) is 12.2 Å². The number of nitrogens with zero attached hydrogens (tertiary/aromatic N) is 2. The van der Waals surface area contributed by atoms with Crippen LogP contribution >= 0.6 is 0 Å². The molecule has 1 aromatic heterocycles. The summed E-state index contributed by atoms with van der Waals surface area (Å²) >= 11 is 0. The van der Waals surface area contributed by atoms with Crippen LogP contribution < -0.4 is 20.1 Å². The van der Waals surface area contributed by atoms with Crippen LogP contribution in [0.15, 0.2) is 54.7 Å². The number of carbonyl (C=O) groups is 1. The van der Waals surface area contributed by atoms with Gasteiger partial charge < -0.3 is 29.6 Å². The highest BCUT2D eigenvalue weighted by molar-refractivity contribution is 5.94. The van der Waals surface area contributed by atoms with Crippen LogP contribution in [0.1, 0.15) is 15.9 Å². The van der Waals surface area contributed by atoms with Gasteiger partial charge in [-0.05, 0) is 43.3 Å². The first-order valence-electron chi connectivity index (χ1n) is 11.2. The number of benzene rings is 2. The lowest BCUT2D eigenvalue weighted by Gasteiger charge is -2.18. The molecule has 9 heteroatoms. The molecule has 3 aromatic rings. The molecule has 6 rings (SSSR count). The van der Waals surface area contributed by atoms with Crippen LogP contribution in [0, 0.1) is 6.92 Å². The summed E-state index contributed by atoms with van der Waals surface area (Å²) in [6.07, 6.45) is 1.27. The molecule has 1 amide bonds. The van der Waals surface area contributed by atoms with Crippen molar-refractivity contribution in [2.45, 2.75) is 31.2 Å². The van der Waals surface area contributed by atoms with Gasteiger partial charge in [0.2, 0.25) is 12.7 Å². The second-order valence-corrected chi connectivity index (χ2v) is 8.63. The zero-order valence-corrected chi connectivity index (χ0v) is 18.6. The second kappa shape index (κ2) is 8.58. The van der Waals surface area contributed by atoms with Crippen molar-refractivity contribution in [3.05, 3.63) is 65.9 Å². The van der Waals surface area contributed by atoms with Gasteiger partial charge in [0.15, 0.2) is 11.5 Å². The number of rotatable bonds is 5. The van der Waals surface area contributed by atoms with Crippen molar-refractivity contribution >= 4 is 11.9 Å². The first-order chi connectivity index (χ1) is 16.6. The van der Waals surface area contributed by atoms with Crippen LogP contribution in [0.25, 0.3) is 11.3 Å². The molecule has 2 saturated heterocycles. The Morgan fingerprint density at radius 2 is 1.71 bits per heavy atom. The van der Waals surface area contributed by atoms with Gasteiger partial charge in [-0.25, -0.2) is 9.97 Å². The monoisotopic (exact) mass is 460 g/mol. The highest BCUT2D eigenvalue weighted by Crippen LogP contribution is 2.35. The van der Waals surface area contributed by atoms with Gasteiger partial charge in [-0.2, -0.15) is 0 Å². The smallest absolute Gasteiger partial charge is 0.251 e. The first kappa shape index (κ1) is 20.9. The number of aromatic nitrogens is 2. The Bertz CT molecular complexity index is 1220. The lowest BCUT2D eigenvalue weighted by atomic mass is 10.1. The second-order valence-electron chi connectivity index (χ2n) is 8.63. The van der Waals surface area contributed by atoms with E-state index in [0.717, 1.165) is 22.6 Å². The van der Waals surface area contributed by atoms with Crippen molar-refractivity contribution in [3.63, 3.8) is 0 Å². The number of hydrogen-bond donors (Lipinski definition) is 2. The summed E-state index contributed by atoms with van der Waals surface area (Å²) in [5, 5.41) is 6.40. The average molecular weight is 460 g/mol. The Kier molecular flexibility index (Phi) is 5.27. The average Bonchev–Trinajstić information content (AvgIpc) is 3.58. The molecular weight excluding hydrogens is 436 g/mol. The van der Waals surface area contributed by atoms with Gasteiger partial charge in [-0.1, -0.05) is 17.7 Å². The molecular formula is C25H24N4O5. The zero-order valence-electron chi connectivity index (χ0n) is 18.6. The third-order valence-electron chi connectivity index (χ3n) is 6.32. The van der Waals surface area contributed by atoms with E-state index in [1.165, 1.54) is 0 Å². The number of anilines is 1. The quantitative estimate of drug-likeness (QED) is 0.599. The SMILES string of the molecule is Cc1ccc(C(=O)N[C@@H]2CO[C@@H]3[C@@H]2OC[C@@H]3Nc2nccc(-c3ccc4c(c3)OCO4)n2)cc1. The minimum absolute atomic E-state index is 0.127. The summed E-state index contributed by atoms with van der Waals surface area (Å²) in [4.78, 5) is 21.7. The van der Waals surface area contributed by atoms with Gasteiger partial charge in [0.25, 0.3) is 5.91 Å². The van der Waals surface area contributed by atoms with Crippen molar-refractivity contribution in [3.8, 4) is 22.8 Å². The molecule has 3 aliphatic heterocycles. The third-order valence-corrected chi connectivity index (χ3v) is 6.32. The van der Waals surface area contributed by atoms with E-state index in [9.17, 15) is 4.79 Å². The number of fused-ring (bicyclic) bond motifs is 2. The standard InChI is InChI=1S/C25H24N4O5/c1-14-2-4-15(5-3-14)24(30)27-18-11-31-23-19(12-32-22(18)23)29-25-26-9-8-17(28-25)16-6-7-20-21(10-16)34-13-33-20/h2-10,18-19,22-23H,11-13H2,1H3,(H,27,30)(H,26,28,29)/t18-,19+,22-,23+/m1/s1. The van der Waals surface area contributed by atoms with E-state index in [1.807, 2.05) is 55.5 Å². The summed E-state index contributed by atoms with van der Waals surface area (Å²) < 4.78 is 22.9. The van der Waals surface area contributed by atoms with E-state index < -0.39 is 0 Å². The molecule has 0 bridgehead atoms. The maximum atomic E-state index is 12.6. The van der Waals surface area contributed by atoms with Crippen molar-refractivity contribution in [2.24, 2.45) is 0 Å². The Morgan fingerprint density at radius 1 is 0.941 bits per heavy atom. The van der Waals surface area contributed by atoms with Crippen LogP contribution in [0.4, 0.5) is 5.95 Å². The predicted octanol–water partition coefficient (Wildman–Crippen LogP) is 2.56. The van der Waals surface area contributed by atoms with E-state index in [1.54, 1.807) is 6.20 Å². The molecule has 0 aliphatic carbocycles. The number of carbonyl (C=O) groups excluding carboxylic acids is 1. The molecule has 3 aliphatic rings. The van der Waals surface area contributed by atoms with Gasteiger partial charge in [0, 0.05) is 17.3 Å². The fourth-order valence-electron chi connectivity index (χ4n) is 4.51. The molecule has 0 spiro atoms. The van der Waals surface area contributed by atoms with Crippen molar-refractivity contribution in [1.29, 1.82) is 0 Å². The Balaban J connectivity index is 1.12. The number of ether oxygens (including phenoxy) is 4. The maximum Gasteiger partial charge on any atom is 0.251 e. The Hall–Kier alpha value is -3.69. The van der Waals surface area contributed by atoms with Crippen LogP contribution in [0.5, 0.6) is 11.5 Å². The minimum atomic E-state index is -0.232. The van der Waals surface area contributed by atoms with E-state index in [0.29, 0.717) is 30.5 Å². The van der Waals surface area contributed by atoms with Gasteiger partial charge >= 0.3 is 0 Å². The number of aryl methyl sites for hydroxylation is 1. The summed E-state index contributed by atoms with van der Waals surface area (Å²) in [7, 11) is 0. The van der Waals surface area contributed by atoms with Crippen LogP contribution in [0.2, 0.25) is 0 Å². The van der Waals surface area contributed by atoms with Crippen molar-refractivity contribution < 1.29 is 23.7 Å². The molecule has 34 heavy (non-hydrogen) atoms. The Labute approximate surface area is 196 Å². The molecule has 0 radical (unpaired) electrons. The van der Waals surface area contributed by atoms with E-state index in [-0.39, 0.29) is 37.0 Å². The predicted molar refractivity (Wildman–Crippen MR) is 123 cm³/mol. The largest absolute Gasteiger partial charge is 0.454 e. The lowest BCUT2D eigenvalue weighted by Crippen LogP contribution is -2.44. The summed E-state index contributed by atoms with van der Waals surface area (Å²) in [5.41, 5.74) is 3.40. The van der Waals surface area contributed by atoms with Gasteiger partial charge in [0.05, 0.1) is 31.0 Å². The molecule has 4 atom stereocenters. The molecule has 174 valence electrons. The maximum absolute atomic E-state index is 12.6. The molecule has 2 aromatic carbocycles.